The average molecular weight is 299 g/mol. The summed E-state index contributed by atoms with van der Waals surface area (Å²) in [4.78, 5) is 8.17. The maximum absolute atomic E-state index is 8.35. The van der Waals surface area contributed by atoms with Crippen molar-refractivity contribution in [2.75, 3.05) is 0 Å². The molecule has 0 aliphatic rings. The van der Waals surface area contributed by atoms with E-state index in [0.29, 0.717) is 0 Å². The Kier molecular flexibility index (Phi) is 1.65. The molecule has 0 unspecified atom stereocenters. The van der Waals surface area contributed by atoms with Crippen LogP contribution in [0.5, 0.6) is 0 Å². The van der Waals surface area contributed by atoms with Crippen LogP contribution in [0, 0.1) is 0 Å². The zero-order valence-electron chi connectivity index (χ0n) is 23.4. The minimum atomic E-state index is -0.871. The smallest absolute Gasteiger partial charge is 0.116 e. The van der Waals surface area contributed by atoms with E-state index in [1.165, 1.54) is 0 Å². The average Bonchev–Trinajstić information content (AvgIpc) is 2.72. The summed E-state index contributed by atoms with van der Waals surface area (Å²) in [7, 11) is 0. The van der Waals surface area contributed by atoms with Gasteiger partial charge in [-0.2, -0.15) is 0 Å². The summed E-state index contributed by atoms with van der Waals surface area (Å²) in [6.45, 7) is 5.19. The van der Waals surface area contributed by atoms with Crippen molar-refractivity contribution in [3.8, 4) is 22.5 Å². The van der Waals surface area contributed by atoms with Crippen LogP contribution in [0.25, 0.3) is 22.5 Å². The number of hydrogen-bond acceptors (Lipinski definition) is 2. The van der Waals surface area contributed by atoms with E-state index in [2.05, 4.69) is 9.97 Å². The quantitative estimate of drug-likeness (QED) is 0.657. The van der Waals surface area contributed by atoms with Gasteiger partial charge in [0.05, 0.1) is 25.1 Å². The molecule has 3 rings (SSSR count). The molecule has 1 aromatic heterocycles. The Bertz CT molecular complexity index is 1160. The Morgan fingerprint density at radius 3 is 1.50 bits per heavy atom. The Morgan fingerprint density at radius 1 is 0.727 bits per heavy atom. The van der Waals surface area contributed by atoms with E-state index in [-0.39, 0.29) is 28.1 Å². The molecule has 2 nitrogen and oxygen atoms in total. The molecule has 0 amide bonds. The lowest BCUT2D eigenvalue weighted by molar-refractivity contribution is 0.588. The highest BCUT2D eigenvalue weighted by molar-refractivity contribution is 5.74. The van der Waals surface area contributed by atoms with E-state index >= 15 is 0 Å². The van der Waals surface area contributed by atoms with E-state index < -0.39 is 72.1 Å². The predicted molar refractivity (Wildman–Crippen MR) is 91.6 cm³/mol. The van der Waals surface area contributed by atoms with E-state index in [1.54, 1.807) is 20.8 Å². The molecule has 1 heterocycles. The van der Waals surface area contributed by atoms with Crippen LogP contribution >= 0.6 is 0 Å². The Balaban J connectivity index is 2.61. The lowest BCUT2D eigenvalue weighted by atomic mass is 9.81. The van der Waals surface area contributed by atoms with Crippen LogP contribution in [0.2, 0.25) is 0 Å². The van der Waals surface area contributed by atoms with Gasteiger partial charge in [0.15, 0.2) is 0 Å². The summed E-state index contributed by atoms with van der Waals surface area (Å²) < 4.78 is 89.2. The molecule has 0 radical (unpaired) electrons. The molecule has 22 heavy (non-hydrogen) atoms. The van der Waals surface area contributed by atoms with Crippen LogP contribution in [0.4, 0.5) is 0 Å². The van der Waals surface area contributed by atoms with Crippen LogP contribution in [0.1, 0.15) is 41.4 Å². The highest BCUT2D eigenvalue weighted by Gasteiger charge is 2.25. The number of rotatable bonds is 2. The highest BCUT2D eigenvalue weighted by Crippen LogP contribution is 2.37. The first-order valence-corrected chi connectivity index (χ1v) is 6.64. The van der Waals surface area contributed by atoms with Gasteiger partial charge in [0, 0.05) is 16.7 Å². The van der Waals surface area contributed by atoms with Crippen LogP contribution in [-0.4, -0.2) is 9.97 Å². The Hall–Kier alpha value is -2.48. The molecule has 0 atom stereocenters. The molecule has 0 fully saturated rings. The van der Waals surface area contributed by atoms with Crippen molar-refractivity contribution >= 4 is 0 Å². The topological polar surface area (TPSA) is 25.8 Å². The fourth-order valence-corrected chi connectivity index (χ4v) is 2.16. The monoisotopic (exact) mass is 299 g/mol. The molecular formula is C20H20N2. The first kappa shape index (κ1) is 6.33. The van der Waals surface area contributed by atoms with Crippen molar-refractivity contribution in [3.63, 3.8) is 0 Å². The zero-order chi connectivity index (χ0) is 25.2. The van der Waals surface area contributed by atoms with Crippen molar-refractivity contribution in [1.29, 1.82) is 0 Å². The van der Waals surface area contributed by atoms with Crippen LogP contribution < -0.4 is 0 Å². The Labute approximate surface area is 147 Å². The standard InChI is InChI=1S/C20H20N2/c1-20(2,3)17-18(15-10-6-4-7-11-15)21-14-22-19(17)16-12-8-5-9-13-16/h4-14H,1-3H3/i4D,5D,6D,7D,8D,9D,10D,11D,12D,13D,14D. The van der Waals surface area contributed by atoms with Gasteiger partial charge in [-0.15, -0.1) is 0 Å². The summed E-state index contributed by atoms with van der Waals surface area (Å²) in [5, 5.41) is 0. The van der Waals surface area contributed by atoms with E-state index in [1.807, 2.05) is 0 Å². The van der Waals surface area contributed by atoms with Crippen molar-refractivity contribution in [2.45, 2.75) is 26.2 Å². The molecule has 0 saturated carbocycles. The molecule has 0 aliphatic heterocycles. The second-order valence-corrected chi connectivity index (χ2v) is 5.65. The highest BCUT2D eigenvalue weighted by atomic mass is 14.9. The third kappa shape index (κ3) is 2.77. The molecule has 2 heteroatoms. The van der Waals surface area contributed by atoms with Gasteiger partial charge in [-0.3, -0.25) is 0 Å². The van der Waals surface area contributed by atoms with E-state index in [9.17, 15) is 0 Å². The minimum Gasteiger partial charge on any atom is -0.236 e. The normalized spacial score (nSPS) is 18.4. The second-order valence-electron chi connectivity index (χ2n) is 5.65. The lowest BCUT2D eigenvalue weighted by Crippen LogP contribution is -2.16. The van der Waals surface area contributed by atoms with E-state index in [0.717, 1.165) is 0 Å². The molecule has 0 bridgehead atoms. The van der Waals surface area contributed by atoms with Crippen LogP contribution in [0.3, 0.4) is 0 Å². The summed E-state index contributed by atoms with van der Waals surface area (Å²) in [6.07, 6.45) is -0.591. The van der Waals surface area contributed by atoms with Crippen molar-refractivity contribution in [2.24, 2.45) is 0 Å². The van der Waals surface area contributed by atoms with Gasteiger partial charge in [0.1, 0.15) is 7.67 Å². The molecular weight excluding hydrogens is 268 g/mol. The molecule has 0 aliphatic carbocycles. The van der Waals surface area contributed by atoms with Gasteiger partial charge in [-0.1, -0.05) is 81.2 Å². The first-order chi connectivity index (χ1) is 15.1. The van der Waals surface area contributed by atoms with Crippen molar-refractivity contribution in [3.05, 3.63) is 72.3 Å². The van der Waals surface area contributed by atoms with Gasteiger partial charge < -0.3 is 0 Å². The largest absolute Gasteiger partial charge is 0.236 e. The second kappa shape index (κ2) is 5.72. The maximum atomic E-state index is 8.35. The maximum Gasteiger partial charge on any atom is 0.116 e. The summed E-state index contributed by atoms with van der Waals surface area (Å²) in [6, 6.07) is -5.63. The SMILES string of the molecule is [2H]c1nc(-c2c([2H])c([2H])c([2H])c([2H])c2[2H])c(C(C)(C)C)c(-c2c([2H])c([2H])c([2H])c([2H])c2[2H])n1. The molecule has 0 saturated heterocycles. The lowest BCUT2D eigenvalue weighted by Gasteiger charge is -2.25. The van der Waals surface area contributed by atoms with Crippen molar-refractivity contribution in [1.82, 2.24) is 9.97 Å². The Morgan fingerprint density at radius 2 is 1.14 bits per heavy atom. The van der Waals surface area contributed by atoms with Crippen molar-refractivity contribution < 1.29 is 15.1 Å². The minimum absolute atomic E-state index is 0.124. The molecule has 3 aromatic rings. The van der Waals surface area contributed by atoms with Crippen LogP contribution in [0.15, 0.2) is 66.7 Å². The zero-order valence-corrected chi connectivity index (χ0v) is 12.4. The van der Waals surface area contributed by atoms with Gasteiger partial charge in [0.25, 0.3) is 0 Å². The fraction of sp³-hybridized carbons (Fsp3) is 0.200. The van der Waals surface area contributed by atoms with Gasteiger partial charge >= 0.3 is 0 Å². The van der Waals surface area contributed by atoms with Gasteiger partial charge in [-0.05, 0) is 5.41 Å². The number of benzene rings is 2. The van der Waals surface area contributed by atoms with E-state index in [4.69, 9.17) is 15.1 Å². The molecule has 0 spiro atoms. The van der Waals surface area contributed by atoms with Crippen LogP contribution in [-0.2, 0) is 5.41 Å². The molecule has 2 aromatic carbocycles. The van der Waals surface area contributed by atoms with Gasteiger partial charge in [0.2, 0.25) is 0 Å². The first-order valence-electron chi connectivity index (χ1n) is 12.1. The summed E-state index contributed by atoms with van der Waals surface area (Å²) in [5.74, 6) is 0. The number of aromatic nitrogens is 2. The molecule has 110 valence electrons. The number of nitrogens with zero attached hydrogens (tertiary/aromatic N) is 2. The third-order valence-electron chi connectivity index (χ3n) is 3.02. The third-order valence-corrected chi connectivity index (χ3v) is 3.02. The predicted octanol–water partition coefficient (Wildman–Crippen LogP) is 5.11. The molecule has 0 N–H and O–H groups in total. The summed E-state index contributed by atoms with van der Waals surface area (Å²) in [5.41, 5.74) is -1.44. The number of hydrogen-bond donors (Lipinski definition) is 0. The van der Waals surface area contributed by atoms with Gasteiger partial charge in [-0.25, -0.2) is 9.97 Å². The summed E-state index contributed by atoms with van der Waals surface area (Å²) >= 11 is 0. The fourth-order valence-electron chi connectivity index (χ4n) is 2.16.